The van der Waals surface area contributed by atoms with Crippen LogP contribution < -0.4 is 10.5 Å². The van der Waals surface area contributed by atoms with Crippen molar-refractivity contribution in [2.75, 3.05) is 0 Å². The third kappa shape index (κ3) is 3.91. The molecule has 0 saturated carbocycles. The number of halogens is 1. The van der Waals surface area contributed by atoms with Crippen molar-refractivity contribution in [2.45, 2.75) is 24.9 Å². The first kappa shape index (κ1) is 16.2. The molecule has 2 aromatic rings. The number of benzene rings is 2. The zero-order valence-electron chi connectivity index (χ0n) is 11.6. The summed E-state index contributed by atoms with van der Waals surface area (Å²) in [4.78, 5) is 0.280. The summed E-state index contributed by atoms with van der Waals surface area (Å²) >= 11 is 3.30. The molecule has 0 unspecified atom stereocenters. The van der Waals surface area contributed by atoms with Crippen LogP contribution >= 0.6 is 15.9 Å². The van der Waals surface area contributed by atoms with E-state index in [1.807, 2.05) is 30.3 Å². The summed E-state index contributed by atoms with van der Waals surface area (Å²) in [5.74, 6) is 0. The van der Waals surface area contributed by atoms with E-state index in [2.05, 4.69) is 20.7 Å². The van der Waals surface area contributed by atoms with Gasteiger partial charge in [0.25, 0.3) is 0 Å². The number of sulfonamides is 1. The van der Waals surface area contributed by atoms with E-state index < -0.39 is 10.0 Å². The van der Waals surface area contributed by atoms with Crippen LogP contribution in [0.1, 0.15) is 16.7 Å². The van der Waals surface area contributed by atoms with Crippen LogP contribution in [0.15, 0.2) is 51.8 Å². The lowest BCUT2D eigenvalue weighted by Crippen LogP contribution is -2.24. The molecule has 112 valence electrons. The molecule has 2 rings (SSSR count). The van der Waals surface area contributed by atoms with Gasteiger partial charge in [0.05, 0.1) is 4.90 Å². The van der Waals surface area contributed by atoms with Gasteiger partial charge in [0.15, 0.2) is 0 Å². The zero-order chi connectivity index (χ0) is 15.5. The van der Waals surface area contributed by atoms with E-state index in [-0.39, 0.29) is 11.4 Å². The van der Waals surface area contributed by atoms with Gasteiger partial charge in [-0.05, 0) is 35.7 Å². The Hall–Kier alpha value is -1.21. The van der Waals surface area contributed by atoms with Crippen LogP contribution in [0.2, 0.25) is 0 Å². The monoisotopic (exact) mass is 368 g/mol. The molecule has 0 heterocycles. The molecule has 0 spiro atoms. The molecular weight excluding hydrogens is 352 g/mol. The van der Waals surface area contributed by atoms with Gasteiger partial charge in [0.1, 0.15) is 0 Å². The summed E-state index contributed by atoms with van der Waals surface area (Å²) in [5, 5.41) is 0. The van der Waals surface area contributed by atoms with Crippen molar-refractivity contribution >= 4 is 26.0 Å². The molecule has 21 heavy (non-hydrogen) atoms. The third-order valence-corrected chi connectivity index (χ3v) is 5.27. The zero-order valence-corrected chi connectivity index (χ0v) is 14.0. The molecule has 4 nitrogen and oxygen atoms in total. The highest BCUT2D eigenvalue weighted by atomic mass is 79.9. The average Bonchev–Trinajstić information content (AvgIpc) is 2.48. The Morgan fingerprint density at radius 1 is 1.14 bits per heavy atom. The maximum Gasteiger partial charge on any atom is 0.241 e. The van der Waals surface area contributed by atoms with Crippen molar-refractivity contribution in [1.29, 1.82) is 0 Å². The molecule has 6 heteroatoms. The minimum atomic E-state index is -3.56. The van der Waals surface area contributed by atoms with E-state index in [0.717, 1.165) is 15.6 Å². The number of aryl methyl sites for hydroxylation is 1. The van der Waals surface area contributed by atoms with Gasteiger partial charge in [-0.1, -0.05) is 46.3 Å². The minimum absolute atomic E-state index is 0.224. The largest absolute Gasteiger partial charge is 0.326 e. The lowest BCUT2D eigenvalue weighted by Gasteiger charge is -2.12. The second kappa shape index (κ2) is 6.70. The van der Waals surface area contributed by atoms with E-state index in [0.29, 0.717) is 12.1 Å². The van der Waals surface area contributed by atoms with Crippen LogP contribution in [0.5, 0.6) is 0 Å². The van der Waals surface area contributed by atoms with Gasteiger partial charge in [-0.25, -0.2) is 13.1 Å². The number of rotatable bonds is 5. The van der Waals surface area contributed by atoms with Crippen molar-refractivity contribution in [2.24, 2.45) is 5.73 Å². The SMILES string of the molecule is Cc1ccc(Br)cc1S(=O)(=O)NCc1ccccc1CN. The molecule has 0 bridgehead atoms. The molecule has 0 amide bonds. The van der Waals surface area contributed by atoms with Crippen LogP contribution in [-0.4, -0.2) is 8.42 Å². The molecule has 0 fully saturated rings. The Morgan fingerprint density at radius 2 is 1.81 bits per heavy atom. The van der Waals surface area contributed by atoms with Crippen LogP contribution in [0, 0.1) is 6.92 Å². The van der Waals surface area contributed by atoms with Gasteiger partial charge in [-0.15, -0.1) is 0 Å². The second-order valence-corrected chi connectivity index (χ2v) is 7.36. The highest BCUT2D eigenvalue weighted by Crippen LogP contribution is 2.21. The third-order valence-electron chi connectivity index (χ3n) is 3.23. The number of hydrogen-bond donors (Lipinski definition) is 2. The first-order valence-electron chi connectivity index (χ1n) is 6.46. The van der Waals surface area contributed by atoms with E-state index in [4.69, 9.17) is 5.73 Å². The quantitative estimate of drug-likeness (QED) is 0.851. The first-order valence-corrected chi connectivity index (χ1v) is 8.74. The molecule has 0 radical (unpaired) electrons. The minimum Gasteiger partial charge on any atom is -0.326 e. The number of nitrogens with one attached hydrogen (secondary N) is 1. The van der Waals surface area contributed by atoms with Crippen LogP contribution in [0.3, 0.4) is 0 Å². The van der Waals surface area contributed by atoms with Gasteiger partial charge < -0.3 is 5.73 Å². The van der Waals surface area contributed by atoms with E-state index >= 15 is 0 Å². The van der Waals surface area contributed by atoms with Gasteiger partial charge in [-0.3, -0.25) is 0 Å². The Labute approximate surface area is 133 Å². The normalized spacial score (nSPS) is 11.6. The summed E-state index contributed by atoms with van der Waals surface area (Å²) in [6.07, 6.45) is 0. The lowest BCUT2D eigenvalue weighted by atomic mass is 10.1. The van der Waals surface area contributed by atoms with Crippen molar-refractivity contribution in [3.63, 3.8) is 0 Å². The van der Waals surface area contributed by atoms with Gasteiger partial charge >= 0.3 is 0 Å². The first-order chi connectivity index (χ1) is 9.94. The Bertz CT molecular complexity index is 745. The Kier molecular flexibility index (Phi) is 5.16. The maximum absolute atomic E-state index is 12.4. The second-order valence-electron chi connectivity index (χ2n) is 4.71. The van der Waals surface area contributed by atoms with Crippen LogP contribution in [0.25, 0.3) is 0 Å². The molecular formula is C15H17BrN2O2S. The molecule has 0 aliphatic carbocycles. The molecule has 0 aliphatic rings. The van der Waals surface area contributed by atoms with Crippen molar-refractivity contribution in [3.05, 3.63) is 63.6 Å². The number of nitrogens with two attached hydrogens (primary N) is 1. The fourth-order valence-corrected chi connectivity index (χ4v) is 3.83. The predicted molar refractivity (Wildman–Crippen MR) is 87.2 cm³/mol. The number of hydrogen-bond acceptors (Lipinski definition) is 3. The molecule has 0 atom stereocenters. The molecule has 0 aromatic heterocycles. The summed E-state index contributed by atoms with van der Waals surface area (Å²) in [5.41, 5.74) is 8.19. The van der Waals surface area contributed by atoms with Gasteiger partial charge in [0.2, 0.25) is 10.0 Å². The molecule has 3 N–H and O–H groups in total. The van der Waals surface area contributed by atoms with Gasteiger partial charge in [0, 0.05) is 17.6 Å². The Morgan fingerprint density at radius 3 is 2.48 bits per heavy atom. The lowest BCUT2D eigenvalue weighted by molar-refractivity contribution is 0.580. The maximum atomic E-state index is 12.4. The molecule has 0 aliphatic heterocycles. The van der Waals surface area contributed by atoms with E-state index in [1.165, 1.54) is 0 Å². The highest BCUT2D eigenvalue weighted by Gasteiger charge is 2.17. The fraction of sp³-hybridized carbons (Fsp3) is 0.200. The standard InChI is InChI=1S/C15H17BrN2O2S/c1-11-6-7-14(16)8-15(11)21(19,20)18-10-13-5-3-2-4-12(13)9-17/h2-8,18H,9-10,17H2,1H3. The van der Waals surface area contributed by atoms with E-state index in [1.54, 1.807) is 19.1 Å². The molecule has 2 aromatic carbocycles. The summed E-state index contributed by atoms with van der Waals surface area (Å²) in [6, 6.07) is 12.7. The van der Waals surface area contributed by atoms with Crippen molar-refractivity contribution in [3.8, 4) is 0 Å². The smallest absolute Gasteiger partial charge is 0.241 e. The summed E-state index contributed by atoms with van der Waals surface area (Å²) < 4.78 is 28.2. The average molecular weight is 369 g/mol. The van der Waals surface area contributed by atoms with Crippen molar-refractivity contribution in [1.82, 2.24) is 4.72 Å². The predicted octanol–water partition coefficient (Wildman–Crippen LogP) is 2.69. The highest BCUT2D eigenvalue weighted by molar-refractivity contribution is 9.10. The van der Waals surface area contributed by atoms with Crippen molar-refractivity contribution < 1.29 is 8.42 Å². The van der Waals surface area contributed by atoms with Crippen LogP contribution in [0.4, 0.5) is 0 Å². The Balaban J connectivity index is 2.24. The van der Waals surface area contributed by atoms with Crippen LogP contribution in [-0.2, 0) is 23.1 Å². The summed E-state index contributed by atoms with van der Waals surface area (Å²) in [6.45, 7) is 2.38. The molecule has 0 saturated heterocycles. The topological polar surface area (TPSA) is 72.2 Å². The van der Waals surface area contributed by atoms with Gasteiger partial charge in [-0.2, -0.15) is 0 Å². The van der Waals surface area contributed by atoms with E-state index in [9.17, 15) is 8.42 Å². The fourth-order valence-electron chi connectivity index (χ4n) is 2.04. The summed E-state index contributed by atoms with van der Waals surface area (Å²) in [7, 11) is -3.56.